The van der Waals surface area contributed by atoms with Crippen LogP contribution in [0, 0.1) is 12.7 Å². The van der Waals surface area contributed by atoms with E-state index in [4.69, 9.17) is 16.2 Å². The summed E-state index contributed by atoms with van der Waals surface area (Å²) in [5.41, 5.74) is 9.68. The highest BCUT2D eigenvalue weighted by Gasteiger charge is 2.41. The molecule has 0 fully saturated rings. The predicted molar refractivity (Wildman–Crippen MR) is 102 cm³/mol. The van der Waals surface area contributed by atoms with E-state index in [0.717, 1.165) is 11.6 Å². The van der Waals surface area contributed by atoms with Gasteiger partial charge in [-0.05, 0) is 36.8 Å². The summed E-state index contributed by atoms with van der Waals surface area (Å²) in [6, 6.07) is 5.14. The average Bonchev–Trinajstić information content (AvgIpc) is 3.04. The molecule has 0 saturated heterocycles. The molecule has 0 bridgehead atoms. The molecule has 1 aromatic carbocycles. The molecule has 1 aliphatic rings. The van der Waals surface area contributed by atoms with Gasteiger partial charge in [0.25, 0.3) is 0 Å². The minimum absolute atomic E-state index is 0.0312. The first-order valence-corrected chi connectivity index (χ1v) is 8.69. The van der Waals surface area contributed by atoms with Crippen LogP contribution in [-0.4, -0.2) is 22.1 Å². The second-order valence-electron chi connectivity index (χ2n) is 6.75. The van der Waals surface area contributed by atoms with E-state index in [1.165, 1.54) is 18.3 Å². The van der Waals surface area contributed by atoms with E-state index in [0.29, 0.717) is 22.9 Å². The molecular weight excluding hydrogens is 404 g/mol. The second-order valence-corrected chi connectivity index (χ2v) is 6.75. The number of nitrogens with zero attached hydrogens (tertiary/aromatic N) is 2. The van der Waals surface area contributed by atoms with Crippen LogP contribution in [0.5, 0.6) is 11.5 Å². The Bertz CT molecular complexity index is 1200. The molecule has 6 N–H and O–H groups in total. The van der Waals surface area contributed by atoms with E-state index >= 15 is 0 Å². The molecule has 11 heteroatoms. The summed E-state index contributed by atoms with van der Waals surface area (Å²) in [5, 5.41) is 2.60. The number of halogens is 4. The van der Waals surface area contributed by atoms with Gasteiger partial charge in [0.15, 0.2) is 23.2 Å². The molecule has 2 aromatic heterocycles. The van der Waals surface area contributed by atoms with Gasteiger partial charge >= 0.3 is 6.18 Å². The SMILES string of the molecule is Cc1c[nH]c2nccc(Oc3ccc(C4(N)C=C(C(F)(F)F)NC(N)=N4)cc3F)c12. The van der Waals surface area contributed by atoms with Gasteiger partial charge in [0.2, 0.25) is 0 Å². The van der Waals surface area contributed by atoms with Crippen LogP contribution in [0.15, 0.2) is 53.4 Å². The van der Waals surface area contributed by atoms with Crippen molar-refractivity contribution in [2.45, 2.75) is 18.8 Å². The lowest BCUT2D eigenvalue weighted by Gasteiger charge is -2.29. The van der Waals surface area contributed by atoms with Crippen molar-refractivity contribution in [2.24, 2.45) is 16.5 Å². The summed E-state index contributed by atoms with van der Waals surface area (Å²) in [5.74, 6) is -1.13. The molecule has 3 heterocycles. The highest BCUT2D eigenvalue weighted by atomic mass is 19.4. The number of aromatic nitrogens is 2. The number of pyridine rings is 1. The summed E-state index contributed by atoms with van der Waals surface area (Å²) in [6.07, 6.45) is -0.834. The summed E-state index contributed by atoms with van der Waals surface area (Å²) in [6.45, 7) is 1.84. The van der Waals surface area contributed by atoms with Crippen molar-refractivity contribution in [2.75, 3.05) is 0 Å². The fraction of sp³-hybridized carbons (Fsp3) is 0.158. The minimum Gasteiger partial charge on any atom is -0.453 e. The van der Waals surface area contributed by atoms with Gasteiger partial charge in [-0.1, -0.05) is 6.07 Å². The number of H-pyrrole nitrogens is 1. The Kier molecular flexibility index (Phi) is 4.42. The van der Waals surface area contributed by atoms with Gasteiger partial charge in [0.1, 0.15) is 17.1 Å². The Labute approximate surface area is 167 Å². The summed E-state index contributed by atoms with van der Waals surface area (Å²) >= 11 is 0. The average molecular weight is 420 g/mol. The Morgan fingerprint density at radius 1 is 1.17 bits per heavy atom. The van der Waals surface area contributed by atoms with Crippen LogP contribution < -0.4 is 21.5 Å². The monoisotopic (exact) mass is 420 g/mol. The lowest BCUT2D eigenvalue weighted by molar-refractivity contribution is -0.0959. The highest BCUT2D eigenvalue weighted by molar-refractivity contribution is 5.86. The maximum absolute atomic E-state index is 14.8. The van der Waals surface area contributed by atoms with E-state index in [1.54, 1.807) is 12.3 Å². The van der Waals surface area contributed by atoms with Crippen molar-refractivity contribution in [3.63, 3.8) is 0 Å². The standard InChI is InChI=1S/C19H16F4N6O/c1-9-8-27-16-15(9)13(4-5-26-16)30-12-3-2-10(6-11(12)20)18(25)7-14(19(21,22)23)28-17(24)29-18/h2-8H,25H2,1H3,(H,26,27)(H3,24,28,29). The van der Waals surface area contributed by atoms with Crippen molar-refractivity contribution in [1.29, 1.82) is 0 Å². The molecule has 1 unspecified atom stereocenters. The zero-order valence-corrected chi connectivity index (χ0v) is 15.5. The summed E-state index contributed by atoms with van der Waals surface area (Å²) in [7, 11) is 0. The topological polar surface area (TPSA) is 114 Å². The largest absolute Gasteiger partial charge is 0.453 e. The fourth-order valence-electron chi connectivity index (χ4n) is 3.17. The number of benzene rings is 1. The summed E-state index contributed by atoms with van der Waals surface area (Å²) in [4.78, 5) is 11.0. The van der Waals surface area contributed by atoms with E-state index in [2.05, 4.69) is 15.0 Å². The molecule has 0 saturated carbocycles. The number of hydrogen-bond donors (Lipinski definition) is 4. The third-order valence-corrected chi connectivity index (χ3v) is 4.58. The molecule has 3 aromatic rings. The highest BCUT2D eigenvalue weighted by Crippen LogP contribution is 2.36. The normalized spacial score (nSPS) is 19.3. The molecule has 30 heavy (non-hydrogen) atoms. The van der Waals surface area contributed by atoms with Gasteiger partial charge in [0.05, 0.1) is 5.39 Å². The predicted octanol–water partition coefficient (Wildman–Crippen LogP) is 3.28. The lowest BCUT2D eigenvalue weighted by Crippen LogP contribution is -2.47. The van der Waals surface area contributed by atoms with Crippen LogP contribution in [0.1, 0.15) is 11.1 Å². The number of hydrogen-bond acceptors (Lipinski definition) is 6. The van der Waals surface area contributed by atoms with E-state index < -0.39 is 29.3 Å². The zero-order valence-electron chi connectivity index (χ0n) is 15.5. The molecule has 1 aliphatic heterocycles. The third-order valence-electron chi connectivity index (χ3n) is 4.58. The summed E-state index contributed by atoms with van der Waals surface area (Å²) < 4.78 is 59.7. The van der Waals surface area contributed by atoms with E-state index in [9.17, 15) is 17.6 Å². The number of aliphatic imine (C=N–C) groups is 1. The first kappa shape index (κ1) is 19.7. The van der Waals surface area contributed by atoms with Gasteiger partial charge in [-0.25, -0.2) is 14.4 Å². The molecule has 1 atom stereocenters. The van der Waals surface area contributed by atoms with Crippen molar-refractivity contribution >= 4 is 17.0 Å². The van der Waals surface area contributed by atoms with Crippen molar-refractivity contribution in [1.82, 2.24) is 15.3 Å². The molecule has 7 nitrogen and oxygen atoms in total. The molecule has 0 spiro atoms. The zero-order chi connectivity index (χ0) is 21.7. The first-order chi connectivity index (χ1) is 14.1. The van der Waals surface area contributed by atoms with Crippen molar-refractivity contribution in [3.8, 4) is 11.5 Å². The van der Waals surface area contributed by atoms with Crippen molar-refractivity contribution in [3.05, 3.63) is 65.4 Å². The second kappa shape index (κ2) is 6.73. The lowest BCUT2D eigenvalue weighted by atomic mass is 9.98. The quantitative estimate of drug-likeness (QED) is 0.486. The molecule has 4 rings (SSSR count). The number of fused-ring (bicyclic) bond motifs is 1. The van der Waals surface area contributed by atoms with E-state index in [1.807, 2.05) is 12.2 Å². The third kappa shape index (κ3) is 3.43. The molecular formula is C19H16F4N6O. The van der Waals surface area contributed by atoms with Gasteiger partial charge in [-0.3, -0.25) is 5.73 Å². The Hall–Kier alpha value is -3.60. The fourth-order valence-corrected chi connectivity index (χ4v) is 3.17. The number of alkyl halides is 3. The molecule has 0 amide bonds. The number of aromatic amines is 1. The van der Waals surface area contributed by atoms with Crippen LogP contribution in [0.25, 0.3) is 11.0 Å². The maximum atomic E-state index is 14.8. The van der Waals surface area contributed by atoms with Crippen LogP contribution in [-0.2, 0) is 5.66 Å². The smallest absolute Gasteiger partial charge is 0.431 e. The molecule has 0 aliphatic carbocycles. The number of aryl methyl sites for hydroxylation is 1. The number of allylic oxidation sites excluding steroid dienone is 1. The van der Waals surface area contributed by atoms with Crippen LogP contribution in [0.4, 0.5) is 17.6 Å². The Morgan fingerprint density at radius 2 is 1.93 bits per heavy atom. The number of ether oxygens (including phenoxy) is 1. The minimum atomic E-state index is -4.73. The molecule has 156 valence electrons. The van der Waals surface area contributed by atoms with Gasteiger partial charge in [-0.2, -0.15) is 13.2 Å². The van der Waals surface area contributed by atoms with Crippen LogP contribution in [0.2, 0.25) is 0 Å². The number of nitrogens with one attached hydrogen (secondary N) is 2. The molecule has 0 radical (unpaired) electrons. The maximum Gasteiger partial charge on any atom is 0.431 e. The van der Waals surface area contributed by atoms with Gasteiger partial charge in [-0.15, -0.1) is 0 Å². The number of nitrogens with two attached hydrogens (primary N) is 2. The van der Waals surface area contributed by atoms with Gasteiger partial charge < -0.3 is 20.8 Å². The first-order valence-electron chi connectivity index (χ1n) is 8.69. The van der Waals surface area contributed by atoms with Crippen LogP contribution >= 0.6 is 0 Å². The van der Waals surface area contributed by atoms with E-state index in [-0.39, 0.29) is 11.3 Å². The number of guanidine groups is 1. The Morgan fingerprint density at radius 3 is 2.63 bits per heavy atom. The van der Waals surface area contributed by atoms with Crippen LogP contribution in [0.3, 0.4) is 0 Å². The number of rotatable bonds is 3. The van der Waals surface area contributed by atoms with Gasteiger partial charge in [0, 0.05) is 18.0 Å². The Balaban J connectivity index is 1.70. The van der Waals surface area contributed by atoms with Crippen molar-refractivity contribution < 1.29 is 22.3 Å².